The number of para-hydroxylation sites is 1. The Morgan fingerprint density at radius 1 is 1.21 bits per heavy atom. The zero-order valence-electron chi connectivity index (χ0n) is 13.5. The molecule has 6 nitrogen and oxygen atoms in total. The van der Waals surface area contributed by atoms with Crippen LogP contribution < -0.4 is 5.30 Å². The van der Waals surface area contributed by atoms with Crippen molar-refractivity contribution in [1.29, 1.82) is 0 Å². The largest absolute Gasteiger partial charge is 0.325 e. The molecule has 0 aliphatic rings. The highest BCUT2D eigenvalue weighted by molar-refractivity contribution is 7.48. The molecule has 0 fully saturated rings. The number of aliphatic imine (C=N–C) groups is 1. The SMILES string of the molecule is CC(C)O[PH](=O)c1ccccc1CN=Cc1ccccc1[N+](=O)[O-]. The van der Waals surface area contributed by atoms with Crippen LogP contribution in [-0.4, -0.2) is 17.2 Å². The van der Waals surface area contributed by atoms with Crippen molar-refractivity contribution in [2.45, 2.75) is 26.5 Å². The standard InChI is InChI=1S/C17H19N2O4P/c1-13(2)23-24(22)17-10-6-4-8-15(17)12-18-11-14-7-3-5-9-16(14)19(20)21/h3-11,13,24H,12H2,1-2H3. The first-order valence-electron chi connectivity index (χ1n) is 7.51. The highest BCUT2D eigenvalue weighted by atomic mass is 31.1. The molecule has 0 heterocycles. The second-order valence-corrected chi connectivity index (χ2v) is 6.75. The van der Waals surface area contributed by atoms with Gasteiger partial charge in [-0.3, -0.25) is 19.7 Å². The van der Waals surface area contributed by atoms with Crippen LogP contribution in [0.3, 0.4) is 0 Å². The van der Waals surface area contributed by atoms with Crippen LogP contribution in [-0.2, 0) is 15.6 Å². The number of nitro benzene ring substituents is 1. The predicted molar refractivity (Wildman–Crippen MR) is 95.7 cm³/mol. The first-order chi connectivity index (χ1) is 11.5. The minimum Gasteiger partial charge on any atom is -0.325 e. The molecule has 0 radical (unpaired) electrons. The highest BCUT2D eigenvalue weighted by Gasteiger charge is 2.12. The van der Waals surface area contributed by atoms with Crippen LogP contribution in [0.5, 0.6) is 0 Å². The monoisotopic (exact) mass is 346 g/mol. The topological polar surface area (TPSA) is 81.8 Å². The van der Waals surface area contributed by atoms with Gasteiger partial charge in [0, 0.05) is 17.6 Å². The molecule has 0 bridgehead atoms. The van der Waals surface area contributed by atoms with Gasteiger partial charge in [-0.25, -0.2) is 0 Å². The molecule has 0 saturated carbocycles. The average Bonchev–Trinajstić information content (AvgIpc) is 2.55. The van der Waals surface area contributed by atoms with E-state index >= 15 is 0 Å². The molecule has 24 heavy (non-hydrogen) atoms. The Labute approximate surface area is 141 Å². The zero-order chi connectivity index (χ0) is 17.5. The Hall–Kier alpha value is -2.30. The molecule has 0 aliphatic heterocycles. The van der Waals surface area contributed by atoms with Gasteiger partial charge < -0.3 is 4.52 Å². The van der Waals surface area contributed by atoms with Gasteiger partial charge in [0.15, 0.2) is 0 Å². The Morgan fingerprint density at radius 3 is 2.58 bits per heavy atom. The average molecular weight is 346 g/mol. The lowest BCUT2D eigenvalue weighted by Crippen LogP contribution is -2.08. The zero-order valence-corrected chi connectivity index (χ0v) is 14.5. The molecule has 2 aromatic carbocycles. The fourth-order valence-electron chi connectivity index (χ4n) is 2.14. The van der Waals surface area contributed by atoms with Crippen LogP contribution in [0.4, 0.5) is 5.69 Å². The summed E-state index contributed by atoms with van der Waals surface area (Å²) in [5.74, 6) is 0. The minimum absolute atomic E-state index is 0.00579. The van der Waals surface area contributed by atoms with E-state index in [1.54, 1.807) is 30.3 Å². The summed E-state index contributed by atoms with van der Waals surface area (Å²) in [6.07, 6.45) is 1.34. The number of hydrogen-bond acceptors (Lipinski definition) is 5. The second kappa shape index (κ2) is 8.52. The van der Waals surface area contributed by atoms with Gasteiger partial charge in [0.25, 0.3) is 5.69 Å². The van der Waals surface area contributed by atoms with Crippen molar-refractivity contribution in [3.05, 3.63) is 69.8 Å². The normalized spacial score (nSPS) is 12.6. The lowest BCUT2D eigenvalue weighted by atomic mass is 10.2. The highest BCUT2D eigenvalue weighted by Crippen LogP contribution is 2.26. The Kier molecular flexibility index (Phi) is 6.41. The van der Waals surface area contributed by atoms with Crippen molar-refractivity contribution in [2.24, 2.45) is 4.99 Å². The molecule has 126 valence electrons. The van der Waals surface area contributed by atoms with E-state index in [1.807, 2.05) is 26.0 Å². The molecule has 7 heteroatoms. The van der Waals surface area contributed by atoms with E-state index in [1.165, 1.54) is 12.3 Å². The number of hydrogen-bond donors (Lipinski definition) is 0. The van der Waals surface area contributed by atoms with Crippen molar-refractivity contribution in [1.82, 2.24) is 0 Å². The van der Waals surface area contributed by atoms with E-state index in [4.69, 9.17) is 4.52 Å². The summed E-state index contributed by atoms with van der Waals surface area (Å²) < 4.78 is 17.7. The molecule has 2 rings (SSSR count). The molecule has 0 amide bonds. The molecule has 1 atom stereocenters. The predicted octanol–water partition coefficient (Wildman–Crippen LogP) is 3.74. The van der Waals surface area contributed by atoms with Gasteiger partial charge in [-0.05, 0) is 31.5 Å². The quantitative estimate of drug-likeness (QED) is 0.331. The summed E-state index contributed by atoms with van der Waals surface area (Å²) in [4.78, 5) is 14.8. The van der Waals surface area contributed by atoms with Gasteiger partial charge >= 0.3 is 0 Å². The lowest BCUT2D eigenvalue weighted by Gasteiger charge is -2.10. The third-order valence-electron chi connectivity index (χ3n) is 3.21. The third-order valence-corrected chi connectivity index (χ3v) is 4.82. The summed E-state index contributed by atoms with van der Waals surface area (Å²) >= 11 is 0. The van der Waals surface area contributed by atoms with E-state index in [0.717, 1.165) is 5.56 Å². The van der Waals surface area contributed by atoms with Crippen LogP contribution in [0.15, 0.2) is 53.5 Å². The van der Waals surface area contributed by atoms with E-state index < -0.39 is 13.0 Å². The van der Waals surface area contributed by atoms with Crippen LogP contribution in [0, 0.1) is 10.1 Å². The van der Waals surface area contributed by atoms with E-state index in [9.17, 15) is 14.7 Å². The van der Waals surface area contributed by atoms with Crippen LogP contribution >= 0.6 is 8.03 Å². The number of rotatable bonds is 7. The van der Waals surface area contributed by atoms with Gasteiger partial charge in [0.05, 0.1) is 23.1 Å². The van der Waals surface area contributed by atoms with Gasteiger partial charge in [-0.1, -0.05) is 30.3 Å². The van der Waals surface area contributed by atoms with Crippen molar-refractivity contribution in [3.8, 4) is 0 Å². The molecule has 0 N–H and O–H groups in total. The first kappa shape index (κ1) is 18.0. The molecule has 1 unspecified atom stereocenters. The van der Waals surface area contributed by atoms with E-state index in [2.05, 4.69) is 4.99 Å². The molecular formula is C17H19N2O4P. The molecule has 0 aliphatic carbocycles. The minimum atomic E-state index is -2.34. The smallest absolute Gasteiger partial charge is 0.278 e. The van der Waals surface area contributed by atoms with Crippen molar-refractivity contribution in [2.75, 3.05) is 0 Å². The maximum absolute atomic E-state index is 12.3. The van der Waals surface area contributed by atoms with Gasteiger partial charge in [0.2, 0.25) is 8.03 Å². The van der Waals surface area contributed by atoms with Crippen LogP contribution in [0.2, 0.25) is 0 Å². The third kappa shape index (κ3) is 4.85. The van der Waals surface area contributed by atoms with Crippen molar-refractivity contribution < 1.29 is 14.0 Å². The second-order valence-electron chi connectivity index (χ2n) is 5.40. The molecule has 0 saturated heterocycles. The van der Waals surface area contributed by atoms with Gasteiger partial charge in [-0.2, -0.15) is 0 Å². The molecular weight excluding hydrogens is 327 g/mol. The van der Waals surface area contributed by atoms with Crippen LogP contribution in [0.1, 0.15) is 25.0 Å². The maximum atomic E-state index is 12.3. The maximum Gasteiger partial charge on any atom is 0.278 e. The summed E-state index contributed by atoms with van der Waals surface area (Å²) in [7, 11) is -2.34. The van der Waals surface area contributed by atoms with Gasteiger partial charge in [-0.15, -0.1) is 0 Å². The Bertz CT molecular complexity index is 775. The Balaban J connectivity index is 2.18. The summed E-state index contributed by atoms with van der Waals surface area (Å²) in [5, 5.41) is 11.6. The lowest BCUT2D eigenvalue weighted by molar-refractivity contribution is -0.385. The Morgan fingerprint density at radius 2 is 1.88 bits per heavy atom. The number of nitro groups is 1. The van der Waals surface area contributed by atoms with E-state index in [0.29, 0.717) is 10.9 Å². The van der Waals surface area contributed by atoms with Gasteiger partial charge in [0.1, 0.15) is 0 Å². The molecule has 2 aromatic rings. The van der Waals surface area contributed by atoms with E-state index in [-0.39, 0.29) is 18.3 Å². The van der Waals surface area contributed by atoms with Crippen LogP contribution in [0.25, 0.3) is 0 Å². The summed E-state index contributed by atoms with van der Waals surface area (Å²) in [5.41, 5.74) is 1.23. The van der Waals surface area contributed by atoms with Crippen molar-refractivity contribution in [3.63, 3.8) is 0 Å². The molecule has 0 aromatic heterocycles. The number of nitrogens with zero attached hydrogens (tertiary/aromatic N) is 2. The number of benzene rings is 2. The van der Waals surface area contributed by atoms with Crippen molar-refractivity contribution >= 4 is 25.2 Å². The molecule has 0 spiro atoms. The first-order valence-corrected chi connectivity index (χ1v) is 8.83. The summed E-state index contributed by atoms with van der Waals surface area (Å²) in [6.45, 7) is 3.94. The summed E-state index contributed by atoms with van der Waals surface area (Å²) in [6, 6.07) is 13.6. The fraction of sp³-hybridized carbons (Fsp3) is 0.235. The fourth-order valence-corrected chi connectivity index (χ4v) is 3.35.